The Morgan fingerprint density at radius 1 is 1.04 bits per heavy atom. The third-order valence-corrected chi connectivity index (χ3v) is 4.12. The number of nitrogens with one attached hydrogen (secondary N) is 1. The van der Waals surface area contributed by atoms with E-state index in [-0.39, 0.29) is 11.9 Å². The summed E-state index contributed by atoms with van der Waals surface area (Å²) in [5.74, 6) is 0.318. The first-order valence-corrected chi connectivity index (χ1v) is 8.70. The van der Waals surface area contributed by atoms with Crippen molar-refractivity contribution < 1.29 is 9.53 Å². The summed E-state index contributed by atoms with van der Waals surface area (Å²) in [5.41, 5.74) is 1.72. The molecule has 0 spiro atoms. The van der Waals surface area contributed by atoms with Crippen LogP contribution in [0.4, 0.5) is 0 Å². The van der Waals surface area contributed by atoms with Crippen LogP contribution in [0.5, 0.6) is 5.75 Å². The molecule has 3 rings (SSSR count). The lowest BCUT2D eigenvalue weighted by Gasteiger charge is -2.22. The maximum Gasteiger partial charge on any atom is 0.261 e. The molecule has 1 aromatic heterocycles. The summed E-state index contributed by atoms with van der Waals surface area (Å²) in [6, 6.07) is 22.0. The first kappa shape index (κ1) is 18.0. The lowest BCUT2D eigenvalue weighted by molar-refractivity contribution is -0.127. The minimum atomic E-state index is -0.677. The fraction of sp³-hybridized carbons (Fsp3) is 0.143. The van der Waals surface area contributed by atoms with Crippen LogP contribution >= 0.6 is 11.6 Å². The molecule has 2 aromatic carbocycles. The summed E-state index contributed by atoms with van der Waals surface area (Å²) >= 11 is 5.96. The SMILES string of the molecule is CC(Oc1cccc(Cl)c1)C(=O)NC(c1ccccc1)c1ccccn1. The van der Waals surface area contributed by atoms with Gasteiger partial charge >= 0.3 is 0 Å². The second kappa shape index (κ2) is 8.50. The molecule has 26 heavy (non-hydrogen) atoms. The number of ether oxygens (including phenoxy) is 1. The fourth-order valence-electron chi connectivity index (χ4n) is 2.58. The van der Waals surface area contributed by atoms with Crippen LogP contribution in [0.3, 0.4) is 0 Å². The average Bonchev–Trinajstić information content (AvgIpc) is 2.67. The molecule has 5 heteroatoms. The summed E-state index contributed by atoms with van der Waals surface area (Å²) in [6.45, 7) is 1.71. The number of pyridine rings is 1. The van der Waals surface area contributed by atoms with Crippen molar-refractivity contribution in [2.24, 2.45) is 0 Å². The molecule has 0 radical (unpaired) electrons. The molecule has 0 bridgehead atoms. The summed E-state index contributed by atoms with van der Waals surface area (Å²) < 4.78 is 5.71. The average molecular weight is 367 g/mol. The van der Waals surface area contributed by atoms with Crippen LogP contribution in [0.15, 0.2) is 79.0 Å². The Morgan fingerprint density at radius 2 is 1.81 bits per heavy atom. The number of hydrogen-bond donors (Lipinski definition) is 1. The van der Waals surface area contributed by atoms with E-state index < -0.39 is 6.10 Å². The van der Waals surface area contributed by atoms with Crippen LogP contribution in [0, 0.1) is 0 Å². The van der Waals surface area contributed by atoms with Crippen molar-refractivity contribution in [2.45, 2.75) is 19.1 Å². The first-order chi connectivity index (χ1) is 12.6. The van der Waals surface area contributed by atoms with Gasteiger partial charge in [-0.05, 0) is 42.8 Å². The number of aromatic nitrogens is 1. The third-order valence-electron chi connectivity index (χ3n) is 3.88. The van der Waals surface area contributed by atoms with Gasteiger partial charge in [0, 0.05) is 11.2 Å². The minimum Gasteiger partial charge on any atom is -0.481 e. The van der Waals surface area contributed by atoms with E-state index >= 15 is 0 Å². The fourth-order valence-corrected chi connectivity index (χ4v) is 2.76. The Morgan fingerprint density at radius 3 is 2.50 bits per heavy atom. The Hall–Kier alpha value is -2.85. The molecule has 0 fully saturated rings. The van der Waals surface area contributed by atoms with Crippen LogP contribution in [0.1, 0.15) is 24.2 Å². The Labute approximate surface area is 157 Å². The second-order valence-corrected chi connectivity index (χ2v) is 6.26. The first-order valence-electron chi connectivity index (χ1n) is 8.32. The largest absolute Gasteiger partial charge is 0.481 e. The van der Waals surface area contributed by atoms with E-state index in [4.69, 9.17) is 16.3 Å². The van der Waals surface area contributed by atoms with Gasteiger partial charge in [-0.2, -0.15) is 0 Å². The molecule has 0 saturated carbocycles. The molecular formula is C21H19ClN2O2. The van der Waals surface area contributed by atoms with Gasteiger partial charge in [-0.25, -0.2) is 0 Å². The second-order valence-electron chi connectivity index (χ2n) is 5.82. The zero-order valence-electron chi connectivity index (χ0n) is 14.3. The summed E-state index contributed by atoms with van der Waals surface area (Å²) in [4.78, 5) is 17.1. The Bertz CT molecular complexity index is 817. The Balaban J connectivity index is 1.77. The van der Waals surface area contributed by atoms with E-state index in [2.05, 4.69) is 10.3 Å². The summed E-state index contributed by atoms with van der Waals surface area (Å²) in [7, 11) is 0. The van der Waals surface area contributed by atoms with Crippen LogP contribution in [0.2, 0.25) is 5.02 Å². The van der Waals surface area contributed by atoms with Crippen LogP contribution in [-0.2, 0) is 4.79 Å². The highest BCUT2D eigenvalue weighted by Crippen LogP contribution is 2.21. The van der Waals surface area contributed by atoms with E-state index in [0.29, 0.717) is 10.8 Å². The van der Waals surface area contributed by atoms with Gasteiger partial charge in [0.2, 0.25) is 0 Å². The molecule has 3 aromatic rings. The number of nitrogens with zero attached hydrogens (tertiary/aromatic N) is 1. The van der Waals surface area contributed by atoms with Crippen LogP contribution < -0.4 is 10.1 Å². The zero-order chi connectivity index (χ0) is 18.4. The van der Waals surface area contributed by atoms with Gasteiger partial charge in [0.15, 0.2) is 6.10 Å². The number of hydrogen-bond acceptors (Lipinski definition) is 3. The van der Waals surface area contributed by atoms with E-state index in [1.807, 2.05) is 48.5 Å². The molecule has 1 N–H and O–H groups in total. The van der Waals surface area contributed by atoms with Crippen molar-refractivity contribution in [1.29, 1.82) is 0 Å². The summed E-state index contributed by atoms with van der Waals surface area (Å²) in [5, 5.41) is 3.59. The van der Waals surface area contributed by atoms with Gasteiger partial charge in [0.05, 0.1) is 11.7 Å². The van der Waals surface area contributed by atoms with Crippen molar-refractivity contribution in [1.82, 2.24) is 10.3 Å². The number of halogens is 1. The lowest BCUT2D eigenvalue weighted by Crippen LogP contribution is -2.39. The van der Waals surface area contributed by atoms with Crippen molar-refractivity contribution >= 4 is 17.5 Å². The number of benzene rings is 2. The predicted octanol–water partition coefficient (Wildman–Crippen LogP) is 4.41. The van der Waals surface area contributed by atoms with Gasteiger partial charge < -0.3 is 10.1 Å². The maximum atomic E-state index is 12.7. The molecule has 0 aliphatic rings. The number of amides is 1. The lowest BCUT2D eigenvalue weighted by atomic mass is 10.0. The smallest absolute Gasteiger partial charge is 0.261 e. The van der Waals surface area contributed by atoms with Crippen molar-refractivity contribution in [3.63, 3.8) is 0 Å². The van der Waals surface area contributed by atoms with Crippen LogP contribution in [-0.4, -0.2) is 17.0 Å². The number of carbonyl (C=O) groups excluding carboxylic acids is 1. The molecule has 2 atom stereocenters. The molecule has 1 heterocycles. The van der Waals surface area contributed by atoms with Gasteiger partial charge in [-0.15, -0.1) is 0 Å². The van der Waals surface area contributed by atoms with Gasteiger partial charge in [0.1, 0.15) is 5.75 Å². The number of rotatable bonds is 6. The highest BCUT2D eigenvalue weighted by atomic mass is 35.5. The minimum absolute atomic E-state index is 0.232. The van der Waals surface area contributed by atoms with Crippen LogP contribution in [0.25, 0.3) is 0 Å². The molecule has 2 unspecified atom stereocenters. The van der Waals surface area contributed by atoms with E-state index in [9.17, 15) is 4.79 Å². The monoisotopic (exact) mass is 366 g/mol. The standard InChI is InChI=1S/C21H19ClN2O2/c1-15(26-18-11-7-10-17(22)14-18)21(25)24-20(16-8-3-2-4-9-16)19-12-5-6-13-23-19/h2-15,20H,1H3,(H,24,25). The summed E-state index contributed by atoms with van der Waals surface area (Å²) in [6.07, 6.45) is 1.03. The highest BCUT2D eigenvalue weighted by molar-refractivity contribution is 6.30. The molecule has 0 aliphatic heterocycles. The maximum absolute atomic E-state index is 12.7. The predicted molar refractivity (Wildman–Crippen MR) is 102 cm³/mol. The third kappa shape index (κ3) is 4.61. The topological polar surface area (TPSA) is 51.2 Å². The molecule has 4 nitrogen and oxygen atoms in total. The van der Waals surface area contributed by atoms with E-state index in [0.717, 1.165) is 11.3 Å². The van der Waals surface area contributed by atoms with Crippen molar-refractivity contribution in [3.8, 4) is 5.75 Å². The van der Waals surface area contributed by atoms with E-state index in [1.54, 1.807) is 37.4 Å². The van der Waals surface area contributed by atoms with Crippen molar-refractivity contribution in [2.75, 3.05) is 0 Å². The Kier molecular flexibility index (Phi) is 5.87. The van der Waals surface area contributed by atoms with Gasteiger partial charge in [-0.3, -0.25) is 9.78 Å². The van der Waals surface area contributed by atoms with E-state index in [1.165, 1.54) is 0 Å². The van der Waals surface area contributed by atoms with Gasteiger partial charge in [-0.1, -0.05) is 54.1 Å². The normalized spacial score (nSPS) is 12.8. The zero-order valence-corrected chi connectivity index (χ0v) is 15.1. The molecule has 132 valence electrons. The molecular weight excluding hydrogens is 348 g/mol. The number of carbonyl (C=O) groups is 1. The van der Waals surface area contributed by atoms with Crippen molar-refractivity contribution in [3.05, 3.63) is 95.3 Å². The highest BCUT2D eigenvalue weighted by Gasteiger charge is 2.22. The van der Waals surface area contributed by atoms with Gasteiger partial charge in [0.25, 0.3) is 5.91 Å². The molecule has 0 saturated heterocycles. The quantitative estimate of drug-likeness (QED) is 0.703. The molecule has 0 aliphatic carbocycles. The molecule has 1 amide bonds.